The first kappa shape index (κ1) is 21.1. The molecule has 33 heavy (non-hydrogen) atoms. The molecule has 0 atom stereocenters. The van der Waals surface area contributed by atoms with Gasteiger partial charge < -0.3 is 4.90 Å². The lowest BCUT2D eigenvalue weighted by molar-refractivity contribution is 0.224. The highest BCUT2D eigenvalue weighted by atomic mass is 16.2. The first-order chi connectivity index (χ1) is 16.0. The minimum atomic E-state index is -0.443. The third kappa shape index (κ3) is 3.71. The van der Waals surface area contributed by atoms with Crippen molar-refractivity contribution < 1.29 is 0 Å². The second-order valence-electron chi connectivity index (χ2n) is 8.54. The molecule has 1 aliphatic heterocycles. The lowest BCUT2D eigenvalue weighted by Gasteiger charge is -2.35. The molecule has 4 aromatic heterocycles. The smallest absolute Gasteiger partial charge is 0.329 e. The number of fused-ring (bicyclic) bond motifs is 3. The number of H-pyrrole nitrogens is 1. The molecular formula is C25H26N6O2. The molecule has 8 heteroatoms. The number of rotatable bonds is 4. The number of hydrogen-bond acceptors (Lipinski definition) is 6. The Labute approximate surface area is 190 Å². The van der Waals surface area contributed by atoms with Crippen LogP contribution in [-0.2, 0) is 0 Å². The quantitative estimate of drug-likeness (QED) is 0.486. The van der Waals surface area contributed by atoms with Crippen LogP contribution in [0.2, 0.25) is 0 Å². The molecule has 168 valence electrons. The summed E-state index contributed by atoms with van der Waals surface area (Å²) in [4.78, 5) is 44.2. The van der Waals surface area contributed by atoms with Crippen molar-refractivity contribution in [3.05, 3.63) is 75.5 Å². The lowest BCUT2D eigenvalue weighted by atomic mass is 10.0. The van der Waals surface area contributed by atoms with Gasteiger partial charge in [-0.15, -0.1) is 0 Å². The molecule has 1 fully saturated rings. The Kier molecular flexibility index (Phi) is 5.28. The normalized spacial score (nSPS) is 14.8. The van der Waals surface area contributed by atoms with E-state index in [1.54, 1.807) is 10.8 Å². The van der Waals surface area contributed by atoms with Crippen molar-refractivity contribution in [1.29, 1.82) is 0 Å². The van der Waals surface area contributed by atoms with Crippen LogP contribution in [0, 0.1) is 6.92 Å². The summed E-state index contributed by atoms with van der Waals surface area (Å²) >= 11 is 0. The molecule has 0 aliphatic carbocycles. The number of hydrogen-bond donors (Lipinski definition) is 1. The van der Waals surface area contributed by atoms with Crippen molar-refractivity contribution in [1.82, 2.24) is 29.4 Å². The zero-order valence-electron chi connectivity index (χ0n) is 18.8. The summed E-state index contributed by atoms with van der Waals surface area (Å²) in [5.74, 6) is 0. The Hall–Kier alpha value is -3.81. The summed E-state index contributed by atoms with van der Waals surface area (Å²) in [5, 5.41) is 0.370. The standard InChI is InChI=1S/C25H26N6O2/c1-4-16(3)30-11-9-18(10-12-30)31-23-19(24(32)29-25(31)33)14-27-21-8-7-20(28-22(21)23)17-6-5-15(2)26-13-17/h5-8,13-14,18H,3-4,9-12H2,1-2H3,(H,29,32,33). The molecule has 0 spiro atoms. The van der Waals surface area contributed by atoms with Gasteiger partial charge in [0.1, 0.15) is 5.52 Å². The van der Waals surface area contributed by atoms with E-state index in [2.05, 4.69) is 33.4 Å². The van der Waals surface area contributed by atoms with Gasteiger partial charge in [-0.2, -0.15) is 0 Å². The van der Waals surface area contributed by atoms with Crippen LogP contribution < -0.4 is 11.2 Å². The molecule has 5 rings (SSSR count). The highest BCUT2D eigenvalue weighted by Gasteiger charge is 2.25. The van der Waals surface area contributed by atoms with Crippen LogP contribution >= 0.6 is 0 Å². The molecule has 0 radical (unpaired) electrons. The van der Waals surface area contributed by atoms with E-state index in [0.717, 1.165) is 55.0 Å². The Bertz CT molecular complexity index is 1480. The number of nitrogens with one attached hydrogen (secondary N) is 1. The number of piperidine rings is 1. The van der Waals surface area contributed by atoms with Crippen molar-refractivity contribution in [3.8, 4) is 11.3 Å². The number of aromatic nitrogens is 5. The van der Waals surface area contributed by atoms with E-state index in [-0.39, 0.29) is 6.04 Å². The molecule has 0 saturated carbocycles. The summed E-state index contributed by atoms with van der Waals surface area (Å²) in [6.45, 7) is 9.82. The molecule has 1 saturated heterocycles. The molecule has 0 unspecified atom stereocenters. The minimum absolute atomic E-state index is 0.0464. The van der Waals surface area contributed by atoms with Crippen molar-refractivity contribution in [2.45, 2.75) is 39.2 Å². The third-order valence-corrected chi connectivity index (χ3v) is 6.50. The van der Waals surface area contributed by atoms with Crippen molar-refractivity contribution >= 4 is 21.9 Å². The van der Waals surface area contributed by atoms with Crippen LogP contribution in [0.5, 0.6) is 0 Å². The van der Waals surface area contributed by atoms with Crippen molar-refractivity contribution in [3.63, 3.8) is 0 Å². The SMILES string of the molecule is C=C(CC)N1CCC(n2c(=O)[nH]c(=O)c3cnc4ccc(-c5ccc(C)nc5)nc4c32)CC1. The number of aryl methyl sites for hydroxylation is 1. The van der Waals surface area contributed by atoms with Gasteiger partial charge in [-0.25, -0.2) is 9.78 Å². The van der Waals surface area contributed by atoms with Gasteiger partial charge in [-0.1, -0.05) is 13.5 Å². The number of pyridine rings is 3. The van der Waals surface area contributed by atoms with Gasteiger partial charge in [0.25, 0.3) is 5.56 Å². The zero-order chi connectivity index (χ0) is 23.1. The van der Waals surface area contributed by atoms with Gasteiger partial charge in [0.05, 0.1) is 22.1 Å². The largest absolute Gasteiger partial charge is 0.375 e. The van der Waals surface area contributed by atoms with E-state index in [4.69, 9.17) is 4.98 Å². The Morgan fingerprint density at radius 3 is 2.61 bits per heavy atom. The summed E-state index contributed by atoms with van der Waals surface area (Å²) in [5.41, 5.74) is 4.50. The molecule has 5 heterocycles. The van der Waals surface area contributed by atoms with Crippen LogP contribution in [0.4, 0.5) is 0 Å². The highest BCUT2D eigenvalue weighted by Crippen LogP contribution is 2.29. The Morgan fingerprint density at radius 1 is 1.12 bits per heavy atom. The average Bonchev–Trinajstić information content (AvgIpc) is 2.84. The topological polar surface area (TPSA) is 96.8 Å². The van der Waals surface area contributed by atoms with Crippen molar-refractivity contribution in [2.24, 2.45) is 0 Å². The fourth-order valence-corrected chi connectivity index (χ4v) is 4.58. The molecule has 1 N–H and O–H groups in total. The zero-order valence-corrected chi connectivity index (χ0v) is 18.8. The van der Waals surface area contributed by atoms with Crippen LogP contribution in [-0.4, -0.2) is 42.5 Å². The Morgan fingerprint density at radius 2 is 1.91 bits per heavy atom. The first-order valence-corrected chi connectivity index (χ1v) is 11.3. The number of likely N-dealkylation sites (tertiary alicyclic amines) is 1. The first-order valence-electron chi connectivity index (χ1n) is 11.3. The second-order valence-corrected chi connectivity index (χ2v) is 8.54. The lowest BCUT2D eigenvalue weighted by Crippen LogP contribution is -2.39. The van der Waals surface area contributed by atoms with E-state index in [1.807, 2.05) is 31.2 Å². The van der Waals surface area contributed by atoms with Gasteiger partial charge in [-0.3, -0.25) is 24.3 Å². The molecule has 4 aromatic rings. The fraction of sp³-hybridized carbons (Fsp3) is 0.320. The minimum Gasteiger partial charge on any atom is -0.375 e. The maximum absolute atomic E-state index is 13.1. The van der Waals surface area contributed by atoms with Crippen LogP contribution in [0.15, 0.2) is 58.5 Å². The van der Waals surface area contributed by atoms with E-state index < -0.39 is 11.2 Å². The summed E-state index contributed by atoms with van der Waals surface area (Å²) < 4.78 is 1.72. The summed E-state index contributed by atoms with van der Waals surface area (Å²) in [6.07, 6.45) is 5.79. The molecular weight excluding hydrogens is 416 g/mol. The van der Waals surface area contributed by atoms with E-state index >= 15 is 0 Å². The predicted octanol–water partition coefficient (Wildman–Crippen LogP) is 3.56. The average molecular weight is 443 g/mol. The van der Waals surface area contributed by atoms with Crippen LogP contribution in [0.25, 0.3) is 33.2 Å². The molecule has 8 nitrogen and oxygen atoms in total. The molecule has 1 aliphatic rings. The number of aromatic amines is 1. The molecule has 0 bridgehead atoms. The maximum Gasteiger partial charge on any atom is 0.329 e. The Balaban J connectivity index is 1.69. The van der Waals surface area contributed by atoms with E-state index in [9.17, 15) is 9.59 Å². The van der Waals surface area contributed by atoms with Gasteiger partial charge in [0.2, 0.25) is 0 Å². The molecule has 0 aromatic carbocycles. The van der Waals surface area contributed by atoms with Crippen LogP contribution in [0.1, 0.15) is 37.9 Å². The second kappa shape index (κ2) is 8.27. The fourth-order valence-electron chi connectivity index (χ4n) is 4.58. The van der Waals surface area contributed by atoms with Gasteiger partial charge in [0, 0.05) is 48.5 Å². The highest BCUT2D eigenvalue weighted by molar-refractivity contribution is 6.01. The maximum atomic E-state index is 13.1. The van der Waals surface area contributed by atoms with Gasteiger partial charge >= 0.3 is 5.69 Å². The number of allylic oxidation sites excluding steroid dienone is 1. The van der Waals surface area contributed by atoms with E-state index in [1.165, 1.54) is 6.20 Å². The third-order valence-electron chi connectivity index (χ3n) is 6.50. The van der Waals surface area contributed by atoms with E-state index in [0.29, 0.717) is 21.9 Å². The predicted molar refractivity (Wildman–Crippen MR) is 129 cm³/mol. The van der Waals surface area contributed by atoms with Crippen LogP contribution in [0.3, 0.4) is 0 Å². The summed E-state index contributed by atoms with van der Waals surface area (Å²) in [7, 11) is 0. The van der Waals surface area contributed by atoms with Gasteiger partial charge in [0.15, 0.2) is 0 Å². The monoisotopic (exact) mass is 442 g/mol. The summed E-state index contributed by atoms with van der Waals surface area (Å²) in [6, 6.07) is 7.61. The van der Waals surface area contributed by atoms with Gasteiger partial charge in [-0.05, 0) is 50.5 Å². The molecule has 0 amide bonds. The number of nitrogens with zero attached hydrogens (tertiary/aromatic N) is 5. The van der Waals surface area contributed by atoms with Crippen molar-refractivity contribution in [2.75, 3.05) is 13.1 Å².